The molecular formula is C15H14ClNO4S. The number of hydrogen-bond acceptors (Lipinski definition) is 4. The SMILES string of the molecule is CS(=O)(=O)c1ccc(COc2ccc(Cl)cc2C(N)=O)cc1. The van der Waals surface area contributed by atoms with E-state index in [4.69, 9.17) is 22.1 Å². The maximum absolute atomic E-state index is 11.4. The monoisotopic (exact) mass is 339 g/mol. The standard InChI is InChI=1S/C15H14ClNO4S/c1-22(19,20)12-5-2-10(3-6-12)9-21-14-7-4-11(16)8-13(14)15(17)18/h2-8H,9H2,1H3,(H2,17,18). The number of amides is 1. The number of benzene rings is 2. The molecule has 0 heterocycles. The lowest BCUT2D eigenvalue weighted by atomic mass is 10.2. The highest BCUT2D eigenvalue weighted by Gasteiger charge is 2.11. The van der Waals surface area contributed by atoms with E-state index in [0.29, 0.717) is 10.8 Å². The van der Waals surface area contributed by atoms with Crippen molar-refractivity contribution in [3.8, 4) is 5.75 Å². The molecule has 2 aromatic carbocycles. The summed E-state index contributed by atoms with van der Waals surface area (Å²) < 4.78 is 28.3. The number of sulfone groups is 1. The fraction of sp³-hybridized carbons (Fsp3) is 0.133. The summed E-state index contributed by atoms with van der Waals surface area (Å²) in [5.41, 5.74) is 6.23. The maximum atomic E-state index is 11.4. The molecule has 0 saturated carbocycles. The van der Waals surface area contributed by atoms with Crippen LogP contribution in [0.2, 0.25) is 5.02 Å². The molecule has 0 bridgehead atoms. The van der Waals surface area contributed by atoms with E-state index < -0.39 is 15.7 Å². The predicted octanol–water partition coefficient (Wildman–Crippen LogP) is 2.42. The van der Waals surface area contributed by atoms with Crippen molar-refractivity contribution >= 4 is 27.3 Å². The van der Waals surface area contributed by atoms with Gasteiger partial charge >= 0.3 is 0 Å². The summed E-state index contributed by atoms with van der Waals surface area (Å²) in [5.74, 6) is -0.311. The zero-order valence-corrected chi connectivity index (χ0v) is 13.3. The van der Waals surface area contributed by atoms with Crippen LogP contribution in [0.15, 0.2) is 47.4 Å². The first-order chi connectivity index (χ1) is 10.3. The van der Waals surface area contributed by atoms with E-state index in [1.54, 1.807) is 24.3 Å². The van der Waals surface area contributed by atoms with Gasteiger partial charge in [0.05, 0.1) is 10.5 Å². The summed E-state index contributed by atoms with van der Waals surface area (Å²) in [6, 6.07) is 10.9. The van der Waals surface area contributed by atoms with Crippen LogP contribution in [-0.4, -0.2) is 20.6 Å². The van der Waals surface area contributed by atoms with Crippen LogP contribution < -0.4 is 10.5 Å². The summed E-state index contributed by atoms with van der Waals surface area (Å²) in [7, 11) is -3.23. The summed E-state index contributed by atoms with van der Waals surface area (Å²) in [6.07, 6.45) is 1.14. The van der Waals surface area contributed by atoms with Crippen LogP contribution in [0, 0.1) is 0 Å². The topological polar surface area (TPSA) is 86.5 Å². The molecule has 7 heteroatoms. The molecule has 0 unspecified atom stereocenters. The number of halogens is 1. The van der Waals surface area contributed by atoms with Crippen LogP contribution in [0.25, 0.3) is 0 Å². The van der Waals surface area contributed by atoms with Crippen molar-refractivity contribution in [1.82, 2.24) is 0 Å². The van der Waals surface area contributed by atoms with Gasteiger partial charge in [-0.25, -0.2) is 8.42 Å². The van der Waals surface area contributed by atoms with Gasteiger partial charge in [-0.05, 0) is 35.9 Å². The van der Waals surface area contributed by atoms with Crippen molar-refractivity contribution in [3.05, 3.63) is 58.6 Å². The maximum Gasteiger partial charge on any atom is 0.252 e. The van der Waals surface area contributed by atoms with Crippen LogP contribution in [0.5, 0.6) is 5.75 Å². The lowest BCUT2D eigenvalue weighted by Gasteiger charge is -2.10. The predicted molar refractivity (Wildman–Crippen MR) is 83.9 cm³/mol. The van der Waals surface area contributed by atoms with Gasteiger partial charge in [0.15, 0.2) is 9.84 Å². The number of primary amides is 1. The van der Waals surface area contributed by atoms with Gasteiger partial charge in [0.2, 0.25) is 0 Å². The van der Waals surface area contributed by atoms with Crippen molar-refractivity contribution in [1.29, 1.82) is 0 Å². The number of ether oxygens (including phenoxy) is 1. The van der Waals surface area contributed by atoms with Crippen molar-refractivity contribution in [2.24, 2.45) is 5.73 Å². The van der Waals surface area contributed by atoms with Crippen molar-refractivity contribution in [3.63, 3.8) is 0 Å². The number of rotatable bonds is 5. The molecule has 2 rings (SSSR count). The minimum absolute atomic E-state index is 0.173. The minimum Gasteiger partial charge on any atom is -0.488 e. The second-order valence-corrected chi connectivity index (χ2v) is 7.16. The molecule has 1 amide bonds. The molecule has 0 spiro atoms. The van der Waals surface area contributed by atoms with E-state index in [9.17, 15) is 13.2 Å². The van der Waals surface area contributed by atoms with Gasteiger partial charge in [-0.2, -0.15) is 0 Å². The van der Waals surface area contributed by atoms with Gasteiger partial charge < -0.3 is 10.5 Å². The van der Waals surface area contributed by atoms with Gasteiger partial charge in [0, 0.05) is 11.3 Å². The molecule has 0 atom stereocenters. The molecule has 0 aliphatic heterocycles. The zero-order valence-electron chi connectivity index (χ0n) is 11.7. The third-order valence-corrected chi connectivity index (χ3v) is 4.32. The van der Waals surface area contributed by atoms with Gasteiger partial charge in [-0.15, -0.1) is 0 Å². The molecule has 0 aliphatic carbocycles. The lowest BCUT2D eigenvalue weighted by Crippen LogP contribution is -2.13. The van der Waals surface area contributed by atoms with Gasteiger partial charge in [-0.3, -0.25) is 4.79 Å². The van der Waals surface area contributed by atoms with Gasteiger partial charge in [-0.1, -0.05) is 23.7 Å². The molecule has 2 aromatic rings. The summed E-state index contributed by atoms with van der Waals surface area (Å²) in [4.78, 5) is 11.6. The number of carbonyl (C=O) groups excluding carboxylic acids is 1. The molecule has 116 valence electrons. The van der Waals surface area contributed by atoms with Crippen LogP contribution in [-0.2, 0) is 16.4 Å². The molecule has 2 N–H and O–H groups in total. The molecule has 0 saturated heterocycles. The van der Waals surface area contributed by atoms with E-state index in [1.807, 2.05) is 0 Å². The molecule has 22 heavy (non-hydrogen) atoms. The number of hydrogen-bond donors (Lipinski definition) is 1. The first kappa shape index (κ1) is 16.3. The fourth-order valence-electron chi connectivity index (χ4n) is 1.81. The Hall–Kier alpha value is -2.05. The molecule has 0 radical (unpaired) electrons. The third kappa shape index (κ3) is 3.99. The Balaban J connectivity index is 2.15. The Kier molecular flexibility index (Phi) is 4.73. The Labute approximate surface area is 133 Å². The summed E-state index contributed by atoms with van der Waals surface area (Å²) >= 11 is 5.82. The highest BCUT2D eigenvalue weighted by atomic mass is 35.5. The molecular weight excluding hydrogens is 326 g/mol. The second-order valence-electron chi connectivity index (χ2n) is 4.71. The minimum atomic E-state index is -3.23. The Bertz CT molecular complexity index is 801. The first-order valence-corrected chi connectivity index (χ1v) is 8.55. The summed E-state index contributed by atoms with van der Waals surface area (Å²) in [6.45, 7) is 0.173. The van der Waals surface area contributed by atoms with E-state index in [1.165, 1.54) is 18.2 Å². The third-order valence-electron chi connectivity index (χ3n) is 2.95. The first-order valence-electron chi connectivity index (χ1n) is 6.28. The van der Waals surface area contributed by atoms with E-state index >= 15 is 0 Å². The van der Waals surface area contributed by atoms with Crippen molar-refractivity contribution in [2.75, 3.05) is 6.26 Å². The summed E-state index contributed by atoms with van der Waals surface area (Å²) in [5, 5.41) is 0.388. The highest BCUT2D eigenvalue weighted by molar-refractivity contribution is 7.90. The smallest absolute Gasteiger partial charge is 0.252 e. The molecule has 0 fully saturated rings. The number of carbonyl (C=O) groups is 1. The van der Waals surface area contributed by atoms with Gasteiger partial charge in [0.25, 0.3) is 5.91 Å². The van der Waals surface area contributed by atoms with Crippen LogP contribution in [0.4, 0.5) is 0 Å². The fourth-order valence-corrected chi connectivity index (χ4v) is 2.62. The second kappa shape index (κ2) is 6.37. The van der Waals surface area contributed by atoms with E-state index in [-0.39, 0.29) is 17.1 Å². The molecule has 5 nitrogen and oxygen atoms in total. The Morgan fingerprint density at radius 2 is 1.82 bits per heavy atom. The van der Waals surface area contributed by atoms with Crippen molar-refractivity contribution < 1.29 is 17.9 Å². The van der Waals surface area contributed by atoms with Crippen LogP contribution >= 0.6 is 11.6 Å². The average molecular weight is 340 g/mol. The highest BCUT2D eigenvalue weighted by Crippen LogP contribution is 2.23. The lowest BCUT2D eigenvalue weighted by molar-refractivity contribution is 0.0996. The van der Waals surface area contributed by atoms with Gasteiger partial charge in [0.1, 0.15) is 12.4 Å². The van der Waals surface area contributed by atoms with E-state index in [0.717, 1.165) is 11.8 Å². The van der Waals surface area contributed by atoms with E-state index in [2.05, 4.69) is 0 Å². The normalized spacial score (nSPS) is 11.2. The largest absolute Gasteiger partial charge is 0.488 e. The molecule has 0 aliphatic rings. The number of nitrogens with two attached hydrogens (primary N) is 1. The van der Waals surface area contributed by atoms with Crippen molar-refractivity contribution in [2.45, 2.75) is 11.5 Å². The quantitative estimate of drug-likeness (QED) is 0.906. The Morgan fingerprint density at radius 1 is 1.18 bits per heavy atom. The average Bonchev–Trinajstić information content (AvgIpc) is 2.45. The van der Waals surface area contributed by atoms with Crippen LogP contribution in [0.1, 0.15) is 15.9 Å². The zero-order chi connectivity index (χ0) is 16.3. The Morgan fingerprint density at radius 3 is 2.36 bits per heavy atom. The van der Waals surface area contributed by atoms with Crippen LogP contribution in [0.3, 0.4) is 0 Å². The molecule has 0 aromatic heterocycles.